The van der Waals surface area contributed by atoms with Crippen LogP contribution in [0.2, 0.25) is 5.02 Å². The molecule has 3 rings (SSSR count). The largest absolute Gasteiger partial charge is 0.490 e. The van der Waals surface area contributed by atoms with Crippen molar-refractivity contribution in [2.24, 2.45) is 16.8 Å². The fourth-order valence-corrected chi connectivity index (χ4v) is 3.43. The summed E-state index contributed by atoms with van der Waals surface area (Å²) in [5, 5.41) is 5.01. The molecule has 0 unspecified atom stereocenters. The first-order valence-electron chi connectivity index (χ1n) is 10.3. The second-order valence-corrected chi connectivity index (χ2v) is 8.14. The first kappa shape index (κ1) is 25.2. The van der Waals surface area contributed by atoms with Crippen LogP contribution in [0, 0.1) is 11.6 Å². The molecule has 2 aromatic carbocycles. The number of pyridine rings is 1. The van der Waals surface area contributed by atoms with Gasteiger partial charge >= 0.3 is 0 Å². The smallest absolute Gasteiger partial charge is 0.202 e. The van der Waals surface area contributed by atoms with Gasteiger partial charge in [-0.25, -0.2) is 15.2 Å². The lowest BCUT2D eigenvalue weighted by molar-refractivity contribution is 0.267. The Morgan fingerprint density at radius 1 is 1.12 bits per heavy atom. The molecule has 8 nitrogen and oxygen atoms in total. The molecule has 34 heavy (non-hydrogen) atoms. The van der Waals surface area contributed by atoms with Crippen LogP contribution in [-0.4, -0.2) is 43.0 Å². The van der Waals surface area contributed by atoms with E-state index in [0.717, 1.165) is 17.1 Å². The number of nitrogens with two attached hydrogens (primary N) is 3. The molecule has 0 saturated carbocycles. The predicted molar refractivity (Wildman–Crippen MR) is 132 cm³/mol. The number of ether oxygens (including phenoxy) is 1. The number of halogens is 3. The van der Waals surface area contributed by atoms with E-state index in [9.17, 15) is 8.78 Å². The number of rotatable bonds is 8. The Balaban J connectivity index is 1.89. The molecule has 0 aliphatic carbocycles. The van der Waals surface area contributed by atoms with E-state index in [1.54, 1.807) is 30.5 Å². The van der Waals surface area contributed by atoms with E-state index < -0.39 is 11.6 Å². The minimum absolute atomic E-state index is 0.0483. The van der Waals surface area contributed by atoms with Crippen LogP contribution < -0.4 is 27.2 Å². The molecule has 1 heterocycles. The van der Waals surface area contributed by atoms with Gasteiger partial charge in [-0.1, -0.05) is 23.7 Å². The summed E-state index contributed by atoms with van der Waals surface area (Å²) in [6.07, 6.45) is 2.19. The topological polar surface area (TPSA) is 119 Å². The first-order valence-corrected chi connectivity index (χ1v) is 10.7. The molecular formula is C23H26ClF2N7O. The number of aromatic nitrogens is 1. The molecule has 0 atom stereocenters. The van der Waals surface area contributed by atoms with E-state index in [2.05, 4.69) is 10.1 Å². The number of amidine groups is 1. The highest BCUT2D eigenvalue weighted by molar-refractivity contribution is 6.30. The standard InChI is InChI=1S/C23H26ClF2N7O/c1-32(2)9-4-10-34-19-8-7-18(20(25)21(19)26)33(29)23(31-28)17-12-15(13-30-22(17)27)14-5-3-6-16(24)11-14/h3,5-8,11-13H,4,9-10,28-29H2,1-2H3,(H2,27,30)/b31-23-. The van der Waals surface area contributed by atoms with Gasteiger partial charge in [0.2, 0.25) is 5.82 Å². The third-order valence-corrected chi connectivity index (χ3v) is 5.20. The molecule has 0 fully saturated rings. The highest BCUT2D eigenvalue weighted by Crippen LogP contribution is 2.30. The van der Waals surface area contributed by atoms with Crippen molar-refractivity contribution >= 4 is 28.9 Å². The van der Waals surface area contributed by atoms with Crippen LogP contribution in [0.4, 0.5) is 20.3 Å². The van der Waals surface area contributed by atoms with Gasteiger partial charge in [-0.05, 0) is 56.4 Å². The summed E-state index contributed by atoms with van der Waals surface area (Å²) >= 11 is 6.08. The molecule has 0 aliphatic heterocycles. The third kappa shape index (κ3) is 5.71. The maximum absolute atomic E-state index is 14.9. The second-order valence-electron chi connectivity index (χ2n) is 7.71. The number of hydrazone groups is 1. The molecule has 0 saturated heterocycles. The molecule has 0 radical (unpaired) electrons. The van der Waals surface area contributed by atoms with Crippen molar-refractivity contribution in [1.29, 1.82) is 0 Å². The summed E-state index contributed by atoms with van der Waals surface area (Å²) in [6.45, 7) is 0.979. The van der Waals surface area contributed by atoms with E-state index >= 15 is 0 Å². The number of anilines is 2. The Morgan fingerprint density at radius 3 is 2.56 bits per heavy atom. The number of nitrogen functional groups attached to an aromatic ring is 1. The second kappa shape index (κ2) is 11.1. The Bertz CT molecular complexity index is 1190. The molecule has 180 valence electrons. The summed E-state index contributed by atoms with van der Waals surface area (Å²) in [5.41, 5.74) is 7.35. The fraction of sp³-hybridized carbons (Fsp3) is 0.217. The number of hydrazine groups is 1. The van der Waals surface area contributed by atoms with Crippen LogP contribution in [0.25, 0.3) is 11.1 Å². The highest BCUT2D eigenvalue weighted by atomic mass is 35.5. The van der Waals surface area contributed by atoms with Crippen LogP contribution in [0.3, 0.4) is 0 Å². The third-order valence-electron chi connectivity index (χ3n) is 4.96. The molecule has 6 N–H and O–H groups in total. The van der Waals surface area contributed by atoms with Crippen LogP contribution in [0.1, 0.15) is 12.0 Å². The van der Waals surface area contributed by atoms with Gasteiger partial charge in [-0.15, -0.1) is 0 Å². The zero-order valence-electron chi connectivity index (χ0n) is 18.8. The maximum Gasteiger partial charge on any atom is 0.202 e. The molecule has 0 spiro atoms. The predicted octanol–water partition coefficient (Wildman–Crippen LogP) is 3.59. The Morgan fingerprint density at radius 2 is 1.88 bits per heavy atom. The first-order chi connectivity index (χ1) is 16.2. The van der Waals surface area contributed by atoms with E-state index in [-0.39, 0.29) is 35.3 Å². The SMILES string of the molecule is CN(C)CCCOc1ccc(N(N)/C(=N\N)c2cc(-c3cccc(Cl)c3)cnc2N)c(F)c1F. The van der Waals surface area contributed by atoms with Crippen LogP contribution in [0.5, 0.6) is 5.75 Å². The number of nitrogens with zero attached hydrogens (tertiary/aromatic N) is 4. The lowest BCUT2D eigenvalue weighted by atomic mass is 10.0. The fourth-order valence-electron chi connectivity index (χ4n) is 3.24. The summed E-state index contributed by atoms with van der Waals surface area (Å²) in [6, 6.07) is 11.3. The van der Waals surface area contributed by atoms with Gasteiger partial charge in [-0.3, -0.25) is 5.01 Å². The van der Waals surface area contributed by atoms with Crippen molar-refractivity contribution in [1.82, 2.24) is 9.88 Å². The summed E-state index contributed by atoms with van der Waals surface area (Å²) in [5.74, 6) is 8.99. The van der Waals surface area contributed by atoms with Gasteiger partial charge in [0.25, 0.3) is 0 Å². The van der Waals surface area contributed by atoms with Crippen molar-refractivity contribution in [3.8, 4) is 16.9 Å². The van der Waals surface area contributed by atoms with Gasteiger partial charge < -0.3 is 21.2 Å². The molecule has 0 aliphatic rings. The molecule has 0 bridgehead atoms. The van der Waals surface area contributed by atoms with Crippen molar-refractivity contribution in [2.45, 2.75) is 6.42 Å². The van der Waals surface area contributed by atoms with Crippen molar-refractivity contribution in [3.63, 3.8) is 0 Å². The zero-order valence-corrected chi connectivity index (χ0v) is 19.6. The van der Waals surface area contributed by atoms with Gasteiger partial charge in [0, 0.05) is 23.3 Å². The van der Waals surface area contributed by atoms with Crippen LogP contribution in [0.15, 0.2) is 53.8 Å². The van der Waals surface area contributed by atoms with E-state index in [4.69, 9.17) is 33.8 Å². The Labute approximate surface area is 201 Å². The molecule has 0 amide bonds. The van der Waals surface area contributed by atoms with E-state index in [1.165, 1.54) is 12.1 Å². The molecular weight excluding hydrogens is 464 g/mol. The summed E-state index contributed by atoms with van der Waals surface area (Å²) in [4.78, 5) is 6.13. The molecule has 3 aromatic rings. The average Bonchev–Trinajstić information content (AvgIpc) is 2.80. The summed E-state index contributed by atoms with van der Waals surface area (Å²) < 4.78 is 34.9. The Hall–Kier alpha value is -3.47. The van der Waals surface area contributed by atoms with Crippen molar-refractivity contribution < 1.29 is 13.5 Å². The number of hydrogen-bond acceptors (Lipinski definition) is 7. The van der Waals surface area contributed by atoms with Crippen molar-refractivity contribution in [2.75, 3.05) is 38.0 Å². The zero-order chi connectivity index (χ0) is 24.8. The van der Waals surface area contributed by atoms with Crippen molar-refractivity contribution in [3.05, 3.63) is 70.9 Å². The molecule has 1 aromatic heterocycles. The number of hydrogen-bond donors (Lipinski definition) is 3. The van der Waals surface area contributed by atoms with Gasteiger partial charge in [-0.2, -0.15) is 9.49 Å². The number of benzene rings is 2. The van der Waals surface area contributed by atoms with Crippen LogP contribution >= 0.6 is 11.6 Å². The minimum atomic E-state index is -1.22. The Kier molecular flexibility index (Phi) is 8.21. The maximum atomic E-state index is 14.9. The van der Waals surface area contributed by atoms with E-state index in [0.29, 0.717) is 17.0 Å². The summed E-state index contributed by atoms with van der Waals surface area (Å²) in [7, 11) is 3.82. The highest BCUT2D eigenvalue weighted by Gasteiger charge is 2.23. The average molecular weight is 490 g/mol. The lowest BCUT2D eigenvalue weighted by Crippen LogP contribution is -2.40. The molecule has 11 heteroatoms. The van der Waals surface area contributed by atoms with Gasteiger partial charge in [0.1, 0.15) is 5.82 Å². The van der Waals surface area contributed by atoms with Gasteiger partial charge in [0.05, 0.1) is 17.9 Å². The normalized spacial score (nSPS) is 11.7. The van der Waals surface area contributed by atoms with Gasteiger partial charge in [0.15, 0.2) is 17.4 Å². The van der Waals surface area contributed by atoms with Crippen LogP contribution in [-0.2, 0) is 0 Å². The monoisotopic (exact) mass is 489 g/mol. The lowest BCUT2D eigenvalue weighted by Gasteiger charge is -2.22. The quantitative estimate of drug-likeness (QED) is 0.145. The minimum Gasteiger partial charge on any atom is -0.490 e. The van der Waals surface area contributed by atoms with E-state index in [1.807, 2.05) is 25.1 Å².